The maximum absolute atomic E-state index is 12.8. The maximum atomic E-state index is 12.8. The molecule has 330 valence electrons. The number of hydrogen-bond acceptors (Lipinski definition) is 11. The van der Waals surface area contributed by atoms with Crippen LogP contribution in [0, 0.1) is 6.92 Å². The van der Waals surface area contributed by atoms with Gasteiger partial charge in [0.05, 0.1) is 40.1 Å². The monoisotopic (exact) mass is 883 g/mol. The molecule has 0 aliphatic heterocycles. The number of para-hydroxylation sites is 1. The smallest absolute Gasteiger partial charge is 0.354 e. The van der Waals surface area contributed by atoms with Gasteiger partial charge in [-0.25, -0.2) is 19.4 Å². The molecular formula is C51H41N5O10. The van der Waals surface area contributed by atoms with E-state index >= 15 is 0 Å². The average Bonchev–Trinajstić information content (AvgIpc) is 3.33. The summed E-state index contributed by atoms with van der Waals surface area (Å²) in [4.78, 5) is 68.9. The summed E-state index contributed by atoms with van der Waals surface area (Å²) in [5.74, 6) is -2.63. The lowest BCUT2D eigenvalue weighted by Crippen LogP contribution is -2.12. The highest BCUT2D eigenvalue weighted by Gasteiger charge is 2.19. The van der Waals surface area contributed by atoms with Crippen LogP contribution < -0.4 is 27.1 Å². The van der Waals surface area contributed by atoms with Gasteiger partial charge in [0, 0.05) is 28.8 Å². The number of aromatic hydroxyl groups is 1. The molecule has 6 aromatic carbocycles. The van der Waals surface area contributed by atoms with E-state index in [2.05, 4.69) is 19.7 Å². The summed E-state index contributed by atoms with van der Waals surface area (Å²) in [6, 6.07) is 42.7. The van der Waals surface area contributed by atoms with Gasteiger partial charge in [0.1, 0.15) is 29.5 Å². The number of carboxylic acids is 2. The Hall–Kier alpha value is -9.24. The number of ether oxygens (including phenoxy) is 2. The van der Waals surface area contributed by atoms with Gasteiger partial charge in [0.25, 0.3) is 0 Å². The fourth-order valence-corrected chi connectivity index (χ4v) is 7.23. The average molecular weight is 884 g/mol. The SMILES string of the molecule is COC(=O)c1cc(=O)c2c(-c3ccccc3)ccc(O)c2[nH]1.Cc1c(C(=O)O)nc2c(N)cccc2c1N.O=C(O)c1cc(=O)c2c(-c3ccccc3)ccc(OCc3ccccc3)c2[nH]1. The molecule has 0 saturated heterocycles. The first-order valence-electron chi connectivity index (χ1n) is 20.1. The number of anilines is 2. The summed E-state index contributed by atoms with van der Waals surface area (Å²) >= 11 is 0. The fourth-order valence-electron chi connectivity index (χ4n) is 7.23. The van der Waals surface area contributed by atoms with Crippen LogP contribution in [0.4, 0.5) is 11.4 Å². The molecule has 15 nitrogen and oxygen atoms in total. The van der Waals surface area contributed by atoms with Crippen LogP contribution in [0.1, 0.15) is 42.6 Å². The quantitative estimate of drug-likeness (QED) is 0.0558. The number of fused-ring (bicyclic) bond motifs is 3. The number of nitrogens with two attached hydrogens (primary N) is 2. The number of benzene rings is 6. The van der Waals surface area contributed by atoms with Crippen molar-refractivity contribution in [2.24, 2.45) is 0 Å². The fraction of sp³-hybridized carbons (Fsp3) is 0.0588. The van der Waals surface area contributed by atoms with E-state index in [0.29, 0.717) is 62.1 Å². The molecule has 0 aliphatic carbocycles. The van der Waals surface area contributed by atoms with Crippen molar-refractivity contribution in [2.75, 3.05) is 18.6 Å². The van der Waals surface area contributed by atoms with E-state index in [1.807, 2.05) is 97.1 Å². The zero-order valence-corrected chi connectivity index (χ0v) is 35.4. The topological polar surface area (TPSA) is 261 Å². The second kappa shape index (κ2) is 19.4. The lowest BCUT2D eigenvalue weighted by Gasteiger charge is -2.13. The lowest BCUT2D eigenvalue weighted by atomic mass is 9.99. The Morgan fingerprint density at radius 1 is 0.652 bits per heavy atom. The summed E-state index contributed by atoms with van der Waals surface area (Å²) < 4.78 is 10.5. The molecule has 3 heterocycles. The number of aromatic nitrogens is 3. The van der Waals surface area contributed by atoms with Gasteiger partial charge in [0.15, 0.2) is 16.6 Å². The molecule has 3 aromatic heterocycles. The number of carbonyl (C=O) groups is 3. The van der Waals surface area contributed by atoms with Gasteiger partial charge < -0.3 is 46.2 Å². The van der Waals surface area contributed by atoms with E-state index in [1.165, 1.54) is 19.2 Å². The van der Waals surface area contributed by atoms with Gasteiger partial charge in [0.2, 0.25) is 0 Å². The van der Waals surface area contributed by atoms with Gasteiger partial charge in [-0.3, -0.25) is 9.59 Å². The van der Waals surface area contributed by atoms with Crippen LogP contribution >= 0.6 is 0 Å². The van der Waals surface area contributed by atoms with Gasteiger partial charge in [-0.2, -0.15) is 0 Å². The first-order valence-corrected chi connectivity index (χ1v) is 20.1. The number of aromatic amines is 2. The van der Waals surface area contributed by atoms with Crippen LogP contribution in [0.5, 0.6) is 11.5 Å². The van der Waals surface area contributed by atoms with Crippen LogP contribution in [0.25, 0.3) is 55.0 Å². The molecule has 66 heavy (non-hydrogen) atoms. The Kier molecular flexibility index (Phi) is 13.2. The first-order chi connectivity index (χ1) is 31.8. The number of carboxylic acid groups (broad SMARTS) is 2. The molecule has 0 saturated carbocycles. The summed E-state index contributed by atoms with van der Waals surface area (Å²) in [6.07, 6.45) is 0. The maximum Gasteiger partial charge on any atom is 0.354 e. The number of carbonyl (C=O) groups excluding carboxylic acids is 1. The molecule has 0 fully saturated rings. The van der Waals surface area contributed by atoms with Crippen LogP contribution in [0.2, 0.25) is 0 Å². The number of phenols is 1. The third kappa shape index (κ3) is 9.40. The summed E-state index contributed by atoms with van der Waals surface area (Å²) in [7, 11) is 1.23. The molecule has 9 N–H and O–H groups in total. The van der Waals surface area contributed by atoms with Crippen molar-refractivity contribution in [2.45, 2.75) is 13.5 Å². The van der Waals surface area contributed by atoms with Crippen LogP contribution in [-0.2, 0) is 11.3 Å². The number of nitrogens with one attached hydrogen (secondary N) is 2. The Morgan fingerprint density at radius 2 is 1.20 bits per heavy atom. The Labute approximate surface area is 375 Å². The van der Waals surface area contributed by atoms with Crippen molar-refractivity contribution in [1.82, 2.24) is 15.0 Å². The van der Waals surface area contributed by atoms with E-state index < -0.39 is 17.9 Å². The van der Waals surface area contributed by atoms with Crippen LogP contribution in [-0.4, -0.2) is 55.3 Å². The highest BCUT2D eigenvalue weighted by atomic mass is 16.5. The third-order valence-electron chi connectivity index (χ3n) is 10.5. The zero-order valence-electron chi connectivity index (χ0n) is 35.4. The summed E-state index contributed by atoms with van der Waals surface area (Å²) in [6.45, 7) is 1.94. The first kappa shape index (κ1) is 44.8. The minimum absolute atomic E-state index is 0.000474. The predicted octanol–water partition coefficient (Wildman–Crippen LogP) is 8.57. The third-order valence-corrected chi connectivity index (χ3v) is 10.5. The number of rotatable bonds is 8. The van der Waals surface area contributed by atoms with E-state index in [9.17, 15) is 34.2 Å². The molecule has 0 atom stereocenters. The number of phenolic OH excluding ortho intramolecular Hbond substituents is 1. The second-order valence-corrected chi connectivity index (χ2v) is 14.7. The van der Waals surface area contributed by atoms with Crippen LogP contribution in [0.15, 0.2) is 155 Å². The molecule has 0 amide bonds. The number of hydrogen-bond donors (Lipinski definition) is 7. The van der Waals surface area contributed by atoms with Crippen molar-refractivity contribution in [3.8, 4) is 33.8 Å². The van der Waals surface area contributed by atoms with Gasteiger partial charge in [-0.05, 0) is 65.1 Å². The largest absolute Gasteiger partial charge is 0.506 e. The minimum Gasteiger partial charge on any atom is -0.506 e. The number of pyridine rings is 3. The Bertz CT molecular complexity index is 3410. The number of nitrogen functional groups attached to an aromatic ring is 2. The number of H-pyrrole nitrogens is 2. The van der Waals surface area contributed by atoms with Crippen molar-refractivity contribution in [3.05, 3.63) is 194 Å². The number of esters is 1. The highest BCUT2D eigenvalue weighted by molar-refractivity contribution is 6.03. The molecule has 9 aromatic rings. The summed E-state index contributed by atoms with van der Waals surface area (Å²) in [5.41, 5.74) is 17.1. The van der Waals surface area contributed by atoms with E-state index in [1.54, 1.807) is 37.3 Å². The Balaban J connectivity index is 0.000000153. The van der Waals surface area contributed by atoms with Crippen molar-refractivity contribution >= 4 is 62.0 Å². The highest BCUT2D eigenvalue weighted by Crippen LogP contribution is 2.34. The van der Waals surface area contributed by atoms with Crippen molar-refractivity contribution in [1.29, 1.82) is 0 Å². The Morgan fingerprint density at radius 3 is 1.77 bits per heavy atom. The number of aromatic carboxylic acids is 2. The molecular weight excluding hydrogens is 843 g/mol. The molecule has 0 unspecified atom stereocenters. The normalized spacial score (nSPS) is 10.6. The molecule has 0 radical (unpaired) electrons. The van der Waals surface area contributed by atoms with Gasteiger partial charge in [-0.15, -0.1) is 0 Å². The molecule has 0 spiro atoms. The standard InChI is InChI=1S/C23H17NO4.C17H13NO4.C11H11N3O2/c25-19-13-18(23(26)27)24-22-20(28-14-15-7-3-1-4-8-15)12-11-17(21(19)22)16-9-5-2-6-10-16;1-22-17(21)12-9-14(20)15-11(10-5-3-2-4-6-10)7-8-13(19)16(15)18-12;1-5-8(13)6-3-2-4-7(12)10(6)14-9(5)11(15)16/h1-13H,14H2,(H,24,25)(H,26,27);2-9,19H,1H3,(H,18,20);2-4H,12H2,1H3,(H2,13,14)(H,15,16). The van der Waals surface area contributed by atoms with Gasteiger partial charge in [-0.1, -0.05) is 103 Å². The number of nitrogens with zero attached hydrogens (tertiary/aromatic N) is 1. The molecule has 9 rings (SSSR count). The lowest BCUT2D eigenvalue weighted by molar-refractivity contribution is 0.0592. The number of methoxy groups -OCH3 is 1. The minimum atomic E-state index is -1.20. The molecule has 15 heteroatoms. The van der Waals surface area contributed by atoms with E-state index in [0.717, 1.165) is 28.3 Å². The van der Waals surface area contributed by atoms with Crippen molar-refractivity contribution < 1.29 is 39.2 Å². The second-order valence-electron chi connectivity index (χ2n) is 14.7. The zero-order chi connectivity index (χ0) is 47.1. The molecule has 0 aliphatic rings. The van der Waals surface area contributed by atoms with Crippen LogP contribution in [0.3, 0.4) is 0 Å². The predicted molar refractivity (Wildman–Crippen MR) is 253 cm³/mol. The van der Waals surface area contributed by atoms with E-state index in [4.69, 9.17) is 21.3 Å². The molecule has 0 bridgehead atoms. The van der Waals surface area contributed by atoms with E-state index in [-0.39, 0.29) is 39.2 Å². The van der Waals surface area contributed by atoms with Gasteiger partial charge >= 0.3 is 17.9 Å². The van der Waals surface area contributed by atoms with Crippen molar-refractivity contribution in [3.63, 3.8) is 0 Å². The summed E-state index contributed by atoms with van der Waals surface area (Å²) in [5, 5.41) is 29.8.